The highest BCUT2D eigenvalue weighted by Gasteiger charge is 2.43. The maximum Gasteiger partial charge on any atom is 0.330 e. The van der Waals surface area contributed by atoms with Gasteiger partial charge < -0.3 is 34.6 Å². The Morgan fingerprint density at radius 3 is 2.47 bits per heavy atom. The van der Waals surface area contributed by atoms with Crippen LogP contribution in [0.2, 0.25) is 0 Å². The van der Waals surface area contributed by atoms with Gasteiger partial charge in [-0.25, -0.2) is 4.79 Å². The molecule has 0 amide bonds. The first kappa shape index (κ1) is 16.0. The monoisotopic (exact) mass is 278 g/mol. The van der Waals surface area contributed by atoms with E-state index in [2.05, 4.69) is 11.3 Å². The summed E-state index contributed by atoms with van der Waals surface area (Å²) in [6.45, 7) is 2.52. The minimum Gasteiger partial charge on any atom is -0.460 e. The third-order valence-corrected chi connectivity index (χ3v) is 2.62. The van der Waals surface area contributed by atoms with E-state index in [1.54, 1.807) is 0 Å². The first-order chi connectivity index (χ1) is 9.01. The highest BCUT2D eigenvalue weighted by atomic mass is 16.7. The second-order valence-electron chi connectivity index (χ2n) is 3.94. The molecule has 1 aliphatic heterocycles. The van der Waals surface area contributed by atoms with Crippen LogP contribution in [0.25, 0.3) is 0 Å². The summed E-state index contributed by atoms with van der Waals surface area (Å²) >= 11 is 0. The Kier molecular flexibility index (Phi) is 6.35. The molecular formula is C11H18O8. The SMILES string of the molecule is C=CC(=O)OCCO[C@H]1O[C@H](CO)[C@H](O)[C@H](O)[C@H]1O. The molecule has 8 heteroatoms. The fourth-order valence-corrected chi connectivity index (χ4v) is 1.57. The molecule has 8 nitrogen and oxygen atoms in total. The van der Waals surface area contributed by atoms with Crippen LogP contribution >= 0.6 is 0 Å². The van der Waals surface area contributed by atoms with Crippen LogP contribution in [-0.2, 0) is 19.0 Å². The summed E-state index contributed by atoms with van der Waals surface area (Å²) in [6, 6.07) is 0. The van der Waals surface area contributed by atoms with Gasteiger partial charge in [-0.05, 0) is 0 Å². The molecule has 19 heavy (non-hydrogen) atoms. The lowest BCUT2D eigenvalue weighted by Gasteiger charge is -2.39. The maximum absolute atomic E-state index is 10.7. The second-order valence-corrected chi connectivity index (χ2v) is 3.94. The fraction of sp³-hybridized carbons (Fsp3) is 0.727. The van der Waals surface area contributed by atoms with Crippen LogP contribution in [0.5, 0.6) is 0 Å². The van der Waals surface area contributed by atoms with Crippen LogP contribution in [-0.4, -0.2) is 76.9 Å². The average molecular weight is 278 g/mol. The van der Waals surface area contributed by atoms with Gasteiger partial charge in [0.25, 0.3) is 0 Å². The molecule has 1 saturated heterocycles. The van der Waals surface area contributed by atoms with E-state index in [-0.39, 0.29) is 13.2 Å². The van der Waals surface area contributed by atoms with Crippen LogP contribution in [0.1, 0.15) is 0 Å². The first-order valence-corrected chi connectivity index (χ1v) is 5.72. The molecule has 0 aromatic rings. The molecule has 5 atom stereocenters. The molecule has 4 N–H and O–H groups in total. The Morgan fingerprint density at radius 2 is 1.89 bits per heavy atom. The van der Waals surface area contributed by atoms with Gasteiger partial charge in [0.05, 0.1) is 13.2 Å². The van der Waals surface area contributed by atoms with E-state index in [1.165, 1.54) is 0 Å². The lowest BCUT2D eigenvalue weighted by Crippen LogP contribution is -2.59. The molecule has 1 rings (SSSR count). The molecule has 0 bridgehead atoms. The molecule has 0 aromatic heterocycles. The van der Waals surface area contributed by atoms with Crippen molar-refractivity contribution >= 4 is 5.97 Å². The Hall–Kier alpha value is -1.03. The van der Waals surface area contributed by atoms with Crippen molar-refractivity contribution in [1.82, 2.24) is 0 Å². The quantitative estimate of drug-likeness (QED) is 0.239. The van der Waals surface area contributed by atoms with Crippen molar-refractivity contribution in [1.29, 1.82) is 0 Å². The van der Waals surface area contributed by atoms with Gasteiger partial charge in [-0.1, -0.05) is 6.58 Å². The Labute approximate surface area is 109 Å². The number of carbonyl (C=O) groups excluding carboxylic acids is 1. The highest BCUT2D eigenvalue weighted by Crippen LogP contribution is 2.21. The zero-order valence-corrected chi connectivity index (χ0v) is 10.2. The van der Waals surface area contributed by atoms with Crippen molar-refractivity contribution in [3.05, 3.63) is 12.7 Å². The van der Waals surface area contributed by atoms with Gasteiger partial charge >= 0.3 is 5.97 Å². The lowest BCUT2D eigenvalue weighted by molar-refractivity contribution is -0.302. The molecule has 0 aliphatic carbocycles. The van der Waals surface area contributed by atoms with Gasteiger partial charge in [0.2, 0.25) is 0 Å². The van der Waals surface area contributed by atoms with Crippen LogP contribution in [0.4, 0.5) is 0 Å². The zero-order valence-electron chi connectivity index (χ0n) is 10.2. The predicted octanol–water partition coefficient (Wildman–Crippen LogP) is -2.47. The molecule has 1 heterocycles. The summed E-state index contributed by atoms with van der Waals surface area (Å²) in [5, 5.41) is 37.6. The summed E-state index contributed by atoms with van der Waals surface area (Å²) in [4.78, 5) is 10.7. The van der Waals surface area contributed by atoms with Crippen LogP contribution in [0.15, 0.2) is 12.7 Å². The van der Waals surface area contributed by atoms with E-state index in [0.717, 1.165) is 6.08 Å². The largest absolute Gasteiger partial charge is 0.460 e. The summed E-state index contributed by atoms with van der Waals surface area (Å²) in [6.07, 6.45) is -5.65. The van der Waals surface area contributed by atoms with Gasteiger partial charge in [-0.3, -0.25) is 0 Å². The van der Waals surface area contributed by atoms with E-state index in [0.29, 0.717) is 0 Å². The van der Waals surface area contributed by atoms with Crippen LogP contribution < -0.4 is 0 Å². The Morgan fingerprint density at radius 1 is 1.21 bits per heavy atom. The number of ether oxygens (including phenoxy) is 3. The van der Waals surface area contributed by atoms with Crippen LogP contribution in [0, 0.1) is 0 Å². The van der Waals surface area contributed by atoms with Crippen molar-refractivity contribution in [2.45, 2.75) is 30.7 Å². The Balaban J connectivity index is 2.39. The van der Waals surface area contributed by atoms with Gasteiger partial charge in [-0.2, -0.15) is 0 Å². The summed E-state index contributed by atoms with van der Waals surface area (Å²) in [7, 11) is 0. The molecular weight excluding hydrogens is 260 g/mol. The lowest BCUT2D eigenvalue weighted by atomic mass is 9.99. The maximum atomic E-state index is 10.7. The van der Waals surface area contributed by atoms with Gasteiger partial charge in [0, 0.05) is 6.08 Å². The number of carbonyl (C=O) groups is 1. The van der Waals surface area contributed by atoms with Crippen molar-refractivity contribution in [3.8, 4) is 0 Å². The van der Waals surface area contributed by atoms with E-state index >= 15 is 0 Å². The van der Waals surface area contributed by atoms with Gasteiger partial charge in [0.1, 0.15) is 31.0 Å². The fourth-order valence-electron chi connectivity index (χ4n) is 1.57. The van der Waals surface area contributed by atoms with Crippen molar-refractivity contribution in [2.24, 2.45) is 0 Å². The number of aliphatic hydroxyl groups is 4. The third-order valence-electron chi connectivity index (χ3n) is 2.62. The van der Waals surface area contributed by atoms with Crippen molar-refractivity contribution < 1.29 is 39.4 Å². The summed E-state index contributed by atoms with van der Waals surface area (Å²) in [5.41, 5.74) is 0. The molecule has 1 aliphatic rings. The molecule has 1 fully saturated rings. The van der Waals surface area contributed by atoms with Gasteiger partial charge in [0.15, 0.2) is 6.29 Å². The van der Waals surface area contributed by atoms with Crippen molar-refractivity contribution in [2.75, 3.05) is 19.8 Å². The predicted molar refractivity (Wildman–Crippen MR) is 60.9 cm³/mol. The second kappa shape index (κ2) is 7.53. The zero-order chi connectivity index (χ0) is 14.4. The summed E-state index contributed by atoms with van der Waals surface area (Å²) in [5.74, 6) is -0.614. The summed E-state index contributed by atoms with van der Waals surface area (Å²) < 4.78 is 14.8. The normalized spacial score (nSPS) is 34.8. The highest BCUT2D eigenvalue weighted by molar-refractivity contribution is 5.81. The van der Waals surface area contributed by atoms with E-state index in [9.17, 15) is 20.1 Å². The first-order valence-electron chi connectivity index (χ1n) is 5.72. The number of hydrogen-bond acceptors (Lipinski definition) is 8. The Bertz CT molecular complexity index is 305. The number of esters is 1. The molecule has 0 radical (unpaired) electrons. The smallest absolute Gasteiger partial charge is 0.330 e. The molecule has 0 spiro atoms. The van der Waals surface area contributed by atoms with E-state index < -0.39 is 43.3 Å². The number of hydrogen-bond donors (Lipinski definition) is 4. The van der Waals surface area contributed by atoms with E-state index in [4.69, 9.17) is 14.6 Å². The number of aliphatic hydroxyl groups excluding tert-OH is 4. The third kappa shape index (κ3) is 4.23. The molecule has 0 unspecified atom stereocenters. The topological polar surface area (TPSA) is 126 Å². The minimum atomic E-state index is -1.49. The van der Waals surface area contributed by atoms with Crippen molar-refractivity contribution in [3.63, 3.8) is 0 Å². The minimum absolute atomic E-state index is 0.0811. The molecule has 110 valence electrons. The number of rotatable bonds is 6. The van der Waals surface area contributed by atoms with Gasteiger partial charge in [-0.15, -0.1) is 0 Å². The average Bonchev–Trinajstić information content (AvgIpc) is 2.42. The van der Waals surface area contributed by atoms with Crippen LogP contribution in [0.3, 0.4) is 0 Å². The molecule has 0 saturated carbocycles. The van der Waals surface area contributed by atoms with E-state index in [1.807, 2.05) is 0 Å². The molecule has 0 aromatic carbocycles. The standard InChI is InChI=1S/C11H18O8/c1-2-7(13)17-3-4-18-11-10(16)9(15)8(14)6(5-12)19-11/h2,6,8-12,14-16H,1,3-5H2/t6-,8+,9+,10-,11+/m1/s1.